The fourth-order valence-corrected chi connectivity index (χ4v) is 4.56. The molecule has 6 nitrogen and oxygen atoms in total. The highest BCUT2D eigenvalue weighted by Gasteiger charge is 2.22. The van der Waals surface area contributed by atoms with E-state index >= 15 is 0 Å². The van der Waals surface area contributed by atoms with Crippen molar-refractivity contribution in [3.8, 4) is 5.88 Å². The number of nitrogens with zero attached hydrogens (tertiary/aromatic N) is 2. The van der Waals surface area contributed by atoms with Crippen LogP contribution in [0, 0.1) is 5.92 Å². The highest BCUT2D eigenvalue weighted by Crippen LogP contribution is 2.32. The van der Waals surface area contributed by atoms with Crippen LogP contribution >= 0.6 is 11.6 Å². The van der Waals surface area contributed by atoms with Crippen molar-refractivity contribution >= 4 is 23.1 Å². The minimum absolute atomic E-state index is 0.252. The quantitative estimate of drug-likeness (QED) is 0.254. The van der Waals surface area contributed by atoms with Gasteiger partial charge in [-0.15, -0.1) is 5.10 Å². The number of ether oxygens (including phenoxy) is 3. The lowest BCUT2D eigenvalue weighted by atomic mass is 9.89. The maximum Gasteiger partial charge on any atom is 0.341 e. The molecule has 174 valence electrons. The second-order valence-corrected chi connectivity index (χ2v) is 8.57. The number of benzene rings is 1. The molecule has 1 aliphatic carbocycles. The molecule has 0 bridgehead atoms. The molecular weight excluding hydrogens is 428 g/mol. The van der Waals surface area contributed by atoms with E-state index in [0.29, 0.717) is 28.1 Å². The highest BCUT2D eigenvalue weighted by molar-refractivity contribution is 6.30. The van der Waals surface area contributed by atoms with E-state index in [9.17, 15) is 4.79 Å². The maximum absolute atomic E-state index is 12.3. The van der Waals surface area contributed by atoms with E-state index in [1.165, 1.54) is 52.6 Å². The molecule has 0 aliphatic heterocycles. The molecular formula is C25H33ClN2O4. The normalized spacial score (nSPS) is 14.9. The average molecular weight is 461 g/mol. The van der Waals surface area contributed by atoms with Crippen molar-refractivity contribution in [2.24, 2.45) is 5.92 Å². The minimum Gasteiger partial charge on any atom is -0.503 e. The Labute approximate surface area is 195 Å². The molecule has 0 saturated heterocycles. The molecule has 1 aromatic heterocycles. The largest absolute Gasteiger partial charge is 0.503 e. The lowest BCUT2D eigenvalue weighted by Crippen LogP contribution is -2.15. The lowest BCUT2D eigenvalue weighted by molar-refractivity contribution is -0.133. The van der Waals surface area contributed by atoms with Crippen LogP contribution in [-0.2, 0) is 33.8 Å². The van der Waals surface area contributed by atoms with Crippen LogP contribution in [0.1, 0.15) is 62.1 Å². The van der Waals surface area contributed by atoms with Gasteiger partial charge in [0.05, 0.1) is 26.0 Å². The summed E-state index contributed by atoms with van der Waals surface area (Å²) >= 11 is 6.73. The Kier molecular flexibility index (Phi) is 9.03. The Hall–Kier alpha value is -2.47. The van der Waals surface area contributed by atoms with Gasteiger partial charge in [-0.05, 0) is 36.3 Å². The van der Waals surface area contributed by atoms with E-state index in [-0.39, 0.29) is 6.61 Å². The molecule has 1 heterocycles. The Bertz CT molecular complexity index is 932. The molecule has 32 heavy (non-hydrogen) atoms. The first-order chi connectivity index (χ1) is 15.6. The van der Waals surface area contributed by atoms with Crippen molar-refractivity contribution in [3.63, 3.8) is 0 Å². The Morgan fingerprint density at radius 2 is 1.97 bits per heavy atom. The molecule has 0 radical (unpaired) electrons. The Morgan fingerprint density at radius 1 is 1.22 bits per heavy atom. The predicted octanol–water partition coefficient (Wildman–Crippen LogP) is 5.81. The number of carbonyl (C=O) groups is 1. The SMILES string of the molecule is CCCc1c(OCc2ccccc2/C(=C\OC)C(=O)OC)nn(CC2CCCCC2)c1Cl. The second kappa shape index (κ2) is 12.0. The third-order valence-corrected chi connectivity index (χ3v) is 6.34. The van der Waals surface area contributed by atoms with Gasteiger partial charge in [-0.25, -0.2) is 9.48 Å². The molecule has 1 aliphatic rings. The van der Waals surface area contributed by atoms with Crippen LogP contribution in [0.25, 0.3) is 5.57 Å². The number of hydrogen-bond donors (Lipinski definition) is 0. The molecule has 0 unspecified atom stereocenters. The van der Waals surface area contributed by atoms with Gasteiger partial charge in [0.1, 0.15) is 17.3 Å². The van der Waals surface area contributed by atoms with Crippen LogP contribution in [0.4, 0.5) is 0 Å². The summed E-state index contributed by atoms with van der Waals surface area (Å²) in [5.74, 6) is 0.717. The molecule has 1 fully saturated rings. The van der Waals surface area contributed by atoms with Gasteiger partial charge in [-0.1, -0.05) is 68.5 Å². The first kappa shape index (κ1) is 24.2. The van der Waals surface area contributed by atoms with E-state index in [1.807, 2.05) is 28.9 Å². The van der Waals surface area contributed by atoms with Crippen LogP contribution in [0.5, 0.6) is 5.88 Å². The zero-order chi connectivity index (χ0) is 22.9. The molecule has 0 spiro atoms. The predicted molar refractivity (Wildman–Crippen MR) is 126 cm³/mol. The fourth-order valence-electron chi connectivity index (χ4n) is 4.27. The first-order valence-electron chi connectivity index (χ1n) is 11.4. The third-order valence-electron chi connectivity index (χ3n) is 5.91. The van der Waals surface area contributed by atoms with Crippen LogP contribution < -0.4 is 4.74 Å². The molecule has 3 rings (SSSR count). The fraction of sp³-hybridized carbons (Fsp3) is 0.520. The zero-order valence-electron chi connectivity index (χ0n) is 19.2. The summed E-state index contributed by atoms with van der Waals surface area (Å²) in [6, 6.07) is 7.54. The van der Waals surface area contributed by atoms with Crippen molar-refractivity contribution in [2.75, 3.05) is 14.2 Å². The number of aromatic nitrogens is 2. The summed E-state index contributed by atoms with van der Waals surface area (Å²) < 4.78 is 18.1. The van der Waals surface area contributed by atoms with Gasteiger partial charge >= 0.3 is 5.97 Å². The van der Waals surface area contributed by atoms with E-state index in [1.54, 1.807) is 0 Å². The molecule has 0 atom stereocenters. The van der Waals surface area contributed by atoms with Gasteiger partial charge in [0.25, 0.3) is 0 Å². The monoisotopic (exact) mass is 460 g/mol. The van der Waals surface area contributed by atoms with E-state index < -0.39 is 5.97 Å². The van der Waals surface area contributed by atoms with Crippen molar-refractivity contribution in [3.05, 3.63) is 52.4 Å². The number of esters is 1. The second-order valence-electron chi connectivity index (χ2n) is 8.22. The third kappa shape index (κ3) is 5.85. The molecule has 1 saturated carbocycles. The molecule has 0 amide bonds. The molecule has 7 heteroatoms. The van der Waals surface area contributed by atoms with E-state index in [2.05, 4.69) is 6.92 Å². The van der Waals surface area contributed by atoms with Crippen molar-refractivity contribution in [1.29, 1.82) is 0 Å². The summed E-state index contributed by atoms with van der Waals surface area (Å²) in [6.07, 6.45) is 9.48. The summed E-state index contributed by atoms with van der Waals surface area (Å²) in [7, 11) is 2.85. The van der Waals surface area contributed by atoms with Gasteiger partial charge in [0.15, 0.2) is 0 Å². The summed E-state index contributed by atoms with van der Waals surface area (Å²) in [5.41, 5.74) is 2.82. The zero-order valence-corrected chi connectivity index (χ0v) is 20.0. The number of halogens is 1. The summed E-state index contributed by atoms with van der Waals surface area (Å²) in [4.78, 5) is 12.3. The van der Waals surface area contributed by atoms with Gasteiger partial charge in [-0.2, -0.15) is 0 Å². The van der Waals surface area contributed by atoms with Crippen LogP contribution in [0.15, 0.2) is 30.5 Å². The first-order valence-corrected chi connectivity index (χ1v) is 11.7. The average Bonchev–Trinajstić information content (AvgIpc) is 3.11. The van der Waals surface area contributed by atoms with Crippen LogP contribution in [0.2, 0.25) is 5.15 Å². The number of methoxy groups -OCH3 is 2. The molecule has 2 aromatic rings. The van der Waals surface area contributed by atoms with Crippen molar-refractivity contribution in [2.45, 2.75) is 65.0 Å². The maximum atomic E-state index is 12.3. The standard InChI is InChI=1S/C25H33ClN2O4/c1-4-10-21-23(26)28(15-18-11-6-5-7-12-18)27-24(21)32-16-19-13-8-9-14-20(19)22(17-30-2)25(29)31-3/h8-9,13-14,17-18H,4-7,10-12,15-16H2,1-3H3/b22-17+. The number of hydrogen-bond acceptors (Lipinski definition) is 5. The number of rotatable bonds is 10. The van der Waals surface area contributed by atoms with Gasteiger partial charge in [-0.3, -0.25) is 0 Å². The smallest absolute Gasteiger partial charge is 0.341 e. The Balaban J connectivity index is 1.83. The molecule has 0 N–H and O–H groups in total. The van der Waals surface area contributed by atoms with Gasteiger partial charge in [0, 0.05) is 6.54 Å². The minimum atomic E-state index is -0.467. The topological polar surface area (TPSA) is 62.6 Å². The summed E-state index contributed by atoms with van der Waals surface area (Å²) in [5, 5.41) is 5.41. The van der Waals surface area contributed by atoms with E-state index in [0.717, 1.165) is 30.5 Å². The van der Waals surface area contributed by atoms with Crippen molar-refractivity contribution < 1.29 is 19.0 Å². The van der Waals surface area contributed by atoms with Crippen LogP contribution in [-0.4, -0.2) is 30.0 Å². The highest BCUT2D eigenvalue weighted by atomic mass is 35.5. The Morgan fingerprint density at radius 3 is 2.66 bits per heavy atom. The van der Waals surface area contributed by atoms with E-state index in [4.69, 9.17) is 30.9 Å². The van der Waals surface area contributed by atoms with Crippen molar-refractivity contribution in [1.82, 2.24) is 9.78 Å². The molecule has 1 aromatic carbocycles. The lowest BCUT2D eigenvalue weighted by Gasteiger charge is -2.21. The van der Waals surface area contributed by atoms with Gasteiger partial charge < -0.3 is 14.2 Å². The van der Waals surface area contributed by atoms with Crippen LogP contribution in [0.3, 0.4) is 0 Å². The number of carbonyl (C=O) groups excluding carboxylic acids is 1. The van der Waals surface area contributed by atoms with Gasteiger partial charge in [0.2, 0.25) is 5.88 Å². The summed E-state index contributed by atoms with van der Waals surface area (Å²) in [6.45, 7) is 3.20.